The zero-order valence-electron chi connectivity index (χ0n) is 10.5. The fraction of sp³-hybridized carbons (Fsp3) is 0.143. The molecule has 0 spiro atoms. The summed E-state index contributed by atoms with van der Waals surface area (Å²) in [7, 11) is 0. The minimum Gasteiger partial charge on any atom is -0.330 e. The summed E-state index contributed by atoms with van der Waals surface area (Å²) in [5.41, 5.74) is 6.35. The molecular weight excluding hydrogens is 378 g/mol. The Morgan fingerprint density at radius 3 is 1.90 bits per heavy atom. The summed E-state index contributed by atoms with van der Waals surface area (Å²) in [6, 6.07) is 4.88. The largest absolute Gasteiger partial charge is 0.330 e. The maximum Gasteiger partial charge on any atom is 0.134 e. The molecule has 1 nitrogen and oxygen atoms in total. The number of hydrogen-bond donors (Lipinski definition) is 1. The summed E-state index contributed by atoms with van der Waals surface area (Å²) in [5, 5.41) is 0.216. The number of nitrogens with two attached hydrogens (primary N) is 1. The minimum atomic E-state index is -0.457. The van der Waals surface area contributed by atoms with Gasteiger partial charge in [-0.1, -0.05) is 76.2 Å². The molecular formula is C14H9Cl5FN. The van der Waals surface area contributed by atoms with Gasteiger partial charge < -0.3 is 5.73 Å². The molecule has 0 aliphatic rings. The molecule has 0 saturated heterocycles. The molecule has 0 aromatic heterocycles. The second-order valence-electron chi connectivity index (χ2n) is 4.26. The number of rotatable bonds is 3. The molecule has 0 atom stereocenters. The zero-order valence-corrected chi connectivity index (χ0v) is 14.3. The first-order valence-electron chi connectivity index (χ1n) is 5.89. The van der Waals surface area contributed by atoms with Gasteiger partial charge in [0.1, 0.15) is 5.82 Å². The Morgan fingerprint density at radius 1 is 0.857 bits per heavy atom. The van der Waals surface area contributed by atoms with E-state index in [4.69, 9.17) is 63.7 Å². The lowest BCUT2D eigenvalue weighted by atomic mass is 10.0. The van der Waals surface area contributed by atoms with Crippen molar-refractivity contribution >= 4 is 58.0 Å². The number of halogens is 6. The van der Waals surface area contributed by atoms with E-state index >= 15 is 0 Å². The topological polar surface area (TPSA) is 26.0 Å². The first-order valence-corrected chi connectivity index (χ1v) is 7.78. The van der Waals surface area contributed by atoms with E-state index in [0.717, 1.165) is 0 Å². The van der Waals surface area contributed by atoms with Gasteiger partial charge in [0.05, 0.1) is 25.1 Å². The van der Waals surface area contributed by atoms with Gasteiger partial charge in [0.15, 0.2) is 0 Å². The summed E-state index contributed by atoms with van der Waals surface area (Å²) >= 11 is 30.3. The molecule has 7 heteroatoms. The second-order valence-corrected chi connectivity index (χ2v) is 6.15. The lowest BCUT2D eigenvalue weighted by Gasteiger charge is -2.14. The van der Waals surface area contributed by atoms with Crippen LogP contribution >= 0.6 is 58.0 Å². The van der Waals surface area contributed by atoms with Crippen LogP contribution in [0.2, 0.25) is 25.1 Å². The van der Waals surface area contributed by atoms with Crippen LogP contribution in [0.25, 0.3) is 11.1 Å². The lowest BCUT2D eigenvalue weighted by Crippen LogP contribution is -2.05. The van der Waals surface area contributed by atoms with E-state index in [-0.39, 0.29) is 36.2 Å². The smallest absolute Gasteiger partial charge is 0.134 e. The van der Waals surface area contributed by atoms with E-state index in [0.29, 0.717) is 18.5 Å². The quantitative estimate of drug-likeness (QED) is 0.488. The van der Waals surface area contributed by atoms with Gasteiger partial charge in [0.25, 0.3) is 0 Å². The van der Waals surface area contributed by atoms with Crippen LogP contribution in [0.15, 0.2) is 18.2 Å². The van der Waals surface area contributed by atoms with Crippen LogP contribution in [0.4, 0.5) is 4.39 Å². The van der Waals surface area contributed by atoms with Gasteiger partial charge in [-0.25, -0.2) is 4.39 Å². The van der Waals surface area contributed by atoms with E-state index in [1.807, 2.05) is 0 Å². The summed E-state index contributed by atoms with van der Waals surface area (Å²) in [6.45, 7) is 0.323. The first kappa shape index (κ1) is 17.1. The predicted octanol–water partition coefficient (Wildman–Crippen LogP) is 6.26. The highest BCUT2D eigenvalue weighted by molar-refractivity contribution is 6.56. The number of benzene rings is 2. The van der Waals surface area contributed by atoms with Crippen LogP contribution < -0.4 is 5.73 Å². The van der Waals surface area contributed by atoms with Crippen molar-refractivity contribution < 1.29 is 4.39 Å². The molecule has 0 bridgehead atoms. The fourth-order valence-corrected chi connectivity index (χ4v) is 3.30. The van der Waals surface area contributed by atoms with Gasteiger partial charge in [-0.05, 0) is 18.5 Å². The molecule has 0 saturated carbocycles. The Balaban J connectivity index is 2.77. The van der Waals surface area contributed by atoms with E-state index in [1.54, 1.807) is 18.2 Å². The maximum atomic E-state index is 14.6. The molecule has 0 fully saturated rings. The van der Waals surface area contributed by atoms with Gasteiger partial charge in [-0.2, -0.15) is 0 Å². The monoisotopic (exact) mass is 385 g/mol. The molecule has 0 unspecified atom stereocenters. The van der Waals surface area contributed by atoms with Gasteiger partial charge in [-0.15, -0.1) is 0 Å². The molecule has 2 rings (SSSR count). The molecule has 21 heavy (non-hydrogen) atoms. The SMILES string of the molecule is NCCc1cccc(-c2c(Cl)c(Cl)c(Cl)c(Cl)c2Cl)c1F. The molecule has 0 aliphatic carbocycles. The molecule has 0 heterocycles. The Bertz CT molecular complexity index is 673. The van der Waals surface area contributed by atoms with E-state index in [1.165, 1.54) is 0 Å². The highest BCUT2D eigenvalue weighted by Gasteiger charge is 2.23. The Hall–Kier alpha value is -0.220. The van der Waals surface area contributed by atoms with Crippen LogP contribution in [0.5, 0.6) is 0 Å². The highest BCUT2D eigenvalue weighted by Crippen LogP contribution is 2.48. The van der Waals surface area contributed by atoms with Crippen molar-refractivity contribution in [2.24, 2.45) is 5.73 Å². The van der Waals surface area contributed by atoms with Gasteiger partial charge >= 0.3 is 0 Å². The van der Waals surface area contributed by atoms with Crippen LogP contribution in [0.3, 0.4) is 0 Å². The van der Waals surface area contributed by atoms with Crippen LogP contribution in [0.1, 0.15) is 5.56 Å². The maximum absolute atomic E-state index is 14.6. The van der Waals surface area contributed by atoms with E-state index in [2.05, 4.69) is 0 Å². The fourth-order valence-electron chi connectivity index (χ4n) is 1.96. The molecule has 2 aromatic carbocycles. The highest BCUT2D eigenvalue weighted by atomic mass is 35.5. The minimum absolute atomic E-state index is 0.0337. The molecule has 0 amide bonds. The molecule has 112 valence electrons. The van der Waals surface area contributed by atoms with Gasteiger partial charge in [0.2, 0.25) is 0 Å². The third-order valence-electron chi connectivity index (χ3n) is 2.97. The van der Waals surface area contributed by atoms with Crippen LogP contribution in [0, 0.1) is 5.82 Å². The molecule has 0 radical (unpaired) electrons. The summed E-state index contributed by atoms with van der Waals surface area (Å²) < 4.78 is 14.6. The van der Waals surface area contributed by atoms with Crippen molar-refractivity contribution in [3.63, 3.8) is 0 Å². The van der Waals surface area contributed by atoms with E-state index < -0.39 is 5.82 Å². The Labute approximate surface area is 146 Å². The molecule has 0 aliphatic heterocycles. The average molecular weight is 387 g/mol. The van der Waals surface area contributed by atoms with E-state index in [9.17, 15) is 4.39 Å². The summed E-state index contributed by atoms with van der Waals surface area (Å²) in [6.07, 6.45) is 0.393. The van der Waals surface area contributed by atoms with Crippen molar-refractivity contribution in [1.82, 2.24) is 0 Å². The first-order chi connectivity index (χ1) is 9.90. The van der Waals surface area contributed by atoms with Gasteiger partial charge in [0, 0.05) is 11.1 Å². The van der Waals surface area contributed by atoms with Crippen molar-refractivity contribution in [1.29, 1.82) is 0 Å². The Morgan fingerprint density at radius 2 is 1.38 bits per heavy atom. The normalized spacial score (nSPS) is 11.0. The lowest BCUT2D eigenvalue weighted by molar-refractivity contribution is 0.613. The van der Waals surface area contributed by atoms with Crippen molar-refractivity contribution in [2.45, 2.75) is 6.42 Å². The van der Waals surface area contributed by atoms with Crippen LogP contribution in [-0.4, -0.2) is 6.54 Å². The van der Waals surface area contributed by atoms with Crippen molar-refractivity contribution in [3.05, 3.63) is 54.7 Å². The molecule has 2 N–H and O–H groups in total. The third kappa shape index (κ3) is 3.12. The number of hydrogen-bond acceptors (Lipinski definition) is 1. The zero-order chi connectivity index (χ0) is 15.7. The standard InChI is InChI=1S/C14H9Cl5FN/c15-9-8(10(16)12(18)13(19)11(9)17)7-3-1-2-6(4-5-21)14(7)20/h1-3H,4-5,21H2. The van der Waals surface area contributed by atoms with Crippen molar-refractivity contribution in [2.75, 3.05) is 6.54 Å². The third-order valence-corrected chi connectivity index (χ3v) is 5.25. The van der Waals surface area contributed by atoms with Crippen molar-refractivity contribution in [3.8, 4) is 11.1 Å². The van der Waals surface area contributed by atoms with Crippen LogP contribution in [-0.2, 0) is 6.42 Å². The average Bonchev–Trinajstić information content (AvgIpc) is 2.47. The summed E-state index contributed by atoms with van der Waals surface area (Å²) in [4.78, 5) is 0. The second kappa shape index (κ2) is 6.91. The molecule has 2 aromatic rings. The summed E-state index contributed by atoms with van der Waals surface area (Å²) in [5.74, 6) is -0.457. The Kier molecular flexibility index (Phi) is 5.64. The van der Waals surface area contributed by atoms with Gasteiger partial charge in [-0.3, -0.25) is 0 Å². The predicted molar refractivity (Wildman–Crippen MR) is 89.6 cm³/mol.